The van der Waals surface area contributed by atoms with E-state index in [4.69, 9.17) is 0 Å². The SMILES string of the molecule is FC(F)(F)Cc1ccc(Br)cc1. The van der Waals surface area contributed by atoms with E-state index >= 15 is 0 Å². The Morgan fingerprint density at radius 1 is 1.08 bits per heavy atom. The summed E-state index contributed by atoms with van der Waals surface area (Å²) in [5.41, 5.74) is 0.283. The van der Waals surface area contributed by atoms with Gasteiger partial charge in [-0.2, -0.15) is 13.2 Å². The Balaban J connectivity index is 2.71. The molecule has 0 spiro atoms. The monoisotopic (exact) mass is 238 g/mol. The van der Waals surface area contributed by atoms with Gasteiger partial charge in [0.2, 0.25) is 0 Å². The van der Waals surface area contributed by atoms with Crippen LogP contribution in [-0.2, 0) is 6.42 Å². The zero-order valence-electron chi connectivity index (χ0n) is 6.03. The molecule has 0 aliphatic rings. The smallest absolute Gasteiger partial charge is 0.171 e. The van der Waals surface area contributed by atoms with E-state index in [-0.39, 0.29) is 5.56 Å². The number of halogens is 4. The van der Waals surface area contributed by atoms with Crippen molar-refractivity contribution in [2.24, 2.45) is 0 Å². The van der Waals surface area contributed by atoms with E-state index in [0.29, 0.717) is 0 Å². The molecule has 0 bridgehead atoms. The number of hydrogen-bond acceptors (Lipinski definition) is 0. The number of rotatable bonds is 1. The summed E-state index contributed by atoms with van der Waals surface area (Å²) in [4.78, 5) is 0. The summed E-state index contributed by atoms with van der Waals surface area (Å²) >= 11 is 3.14. The molecule has 0 heterocycles. The Morgan fingerprint density at radius 2 is 1.58 bits per heavy atom. The van der Waals surface area contributed by atoms with Gasteiger partial charge in [-0.25, -0.2) is 0 Å². The third-order valence-electron chi connectivity index (χ3n) is 1.32. The molecule has 1 aromatic rings. The molecule has 0 saturated carbocycles. The van der Waals surface area contributed by atoms with Gasteiger partial charge in [0, 0.05) is 4.47 Å². The fourth-order valence-electron chi connectivity index (χ4n) is 0.834. The Hall–Kier alpha value is -0.510. The van der Waals surface area contributed by atoms with Crippen LogP contribution in [0.15, 0.2) is 28.7 Å². The number of alkyl halides is 3. The molecule has 0 aromatic heterocycles. The second kappa shape index (κ2) is 3.47. The number of benzene rings is 1. The lowest BCUT2D eigenvalue weighted by molar-refractivity contribution is -0.127. The van der Waals surface area contributed by atoms with Gasteiger partial charge in [-0.1, -0.05) is 28.1 Å². The molecule has 1 aromatic carbocycles. The second-order valence-electron chi connectivity index (χ2n) is 2.42. The van der Waals surface area contributed by atoms with Gasteiger partial charge in [0.25, 0.3) is 0 Å². The first-order valence-corrected chi connectivity index (χ1v) is 4.08. The van der Waals surface area contributed by atoms with Crippen LogP contribution in [0.1, 0.15) is 5.56 Å². The van der Waals surface area contributed by atoms with Gasteiger partial charge in [-0.3, -0.25) is 0 Å². The predicted octanol–water partition coefficient (Wildman–Crippen LogP) is 3.55. The van der Waals surface area contributed by atoms with Crippen LogP contribution in [0, 0.1) is 0 Å². The van der Waals surface area contributed by atoms with Crippen molar-refractivity contribution in [2.45, 2.75) is 12.6 Å². The van der Waals surface area contributed by atoms with Gasteiger partial charge in [-0.05, 0) is 17.7 Å². The Morgan fingerprint density at radius 3 is 2.00 bits per heavy atom. The van der Waals surface area contributed by atoms with E-state index in [2.05, 4.69) is 15.9 Å². The lowest BCUT2D eigenvalue weighted by Crippen LogP contribution is -2.11. The first kappa shape index (κ1) is 9.58. The highest BCUT2D eigenvalue weighted by Gasteiger charge is 2.27. The van der Waals surface area contributed by atoms with Crippen molar-refractivity contribution in [1.29, 1.82) is 0 Å². The van der Waals surface area contributed by atoms with Crippen LogP contribution in [0.2, 0.25) is 0 Å². The average Bonchev–Trinajstić information content (AvgIpc) is 1.91. The van der Waals surface area contributed by atoms with Crippen molar-refractivity contribution in [3.05, 3.63) is 34.3 Å². The molecule has 0 nitrogen and oxygen atoms in total. The normalized spacial score (nSPS) is 11.7. The van der Waals surface area contributed by atoms with E-state index in [9.17, 15) is 13.2 Å². The molecule has 0 fully saturated rings. The molecular formula is C8H6BrF3. The zero-order chi connectivity index (χ0) is 9.19. The van der Waals surface area contributed by atoms with Crippen LogP contribution in [-0.4, -0.2) is 6.18 Å². The van der Waals surface area contributed by atoms with Crippen molar-refractivity contribution in [3.8, 4) is 0 Å². The largest absolute Gasteiger partial charge is 0.393 e. The topological polar surface area (TPSA) is 0 Å². The molecule has 0 radical (unpaired) electrons. The summed E-state index contributed by atoms with van der Waals surface area (Å²) in [6, 6.07) is 6.11. The van der Waals surface area contributed by atoms with Crippen molar-refractivity contribution < 1.29 is 13.2 Å². The standard InChI is InChI=1S/C8H6BrF3/c9-7-3-1-6(2-4-7)5-8(10,11)12/h1-4H,5H2. The highest BCUT2D eigenvalue weighted by molar-refractivity contribution is 9.10. The molecule has 0 N–H and O–H groups in total. The quantitative estimate of drug-likeness (QED) is 0.702. The highest BCUT2D eigenvalue weighted by Crippen LogP contribution is 2.22. The Labute approximate surface area is 76.5 Å². The summed E-state index contributed by atoms with van der Waals surface area (Å²) in [7, 11) is 0. The van der Waals surface area contributed by atoms with Crippen molar-refractivity contribution in [2.75, 3.05) is 0 Å². The second-order valence-corrected chi connectivity index (χ2v) is 3.33. The fourth-order valence-corrected chi connectivity index (χ4v) is 1.10. The fraction of sp³-hybridized carbons (Fsp3) is 0.250. The first-order chi connectivity index (χ1) is 5.47. The molecule has 0 aliphatic carbocycles. The summed E-state index contributed by atoms with van der Waals surface area (Å²) < 4.78 is 36.3. The van der Waals surface area contributed by atoms with Crippen LogP contribution in [0.3, 0.4) is 0 Å². The van der Waals surface area contributed by atoms with Gasteiger partial charge in [0.1, 0.15) is 0 Å². The maximum atomic E-state index is 11.8. The molecular weight excluding hydrogens is 233 g/mol. The Kier molecular flexibility index (Phi) is 2.77. The van der Waals surface area contributed by atoms with E-state index in [1.54, 1.807) is 12.1 Å². The molecule has 0 aliphatic heterocycles. The molecule has 0 unspecified atom stereocenters. The maximum absolute atomic E-state index is 11.8. The minimum atomic E-state index is -4.12. The molecule has 1 rings (SSSR count). The van der Waals surface area contributed by atoms with Crippen molar-refractivity contribution in [1.82, 2.24) is 0 Å². The zero-order valence-corrected chi connectivity index (χ0v) is 7.61. The van der Waals surface area contributed by atoms with E-state index in [1.165, 1.54) is 12.1 Å². The van der Waals surface area contributed by atoms with Crippen LogP contribution < -0.4 is 0 Å². The van der Waals surface area contributed by atoms with Crippen LogP contribution in [0.4, 0.5) is 13.2 Å². The van der Waals surface area contributed by atoms with E-state index in [0.717, 1.165) is 4.47 Å². The minimum Gasteiger partial charge on any atom is -0.171 e. The maximum Gasteiger partial charge on any atom is 0.393 e. The summed E-state index contributed by atoms with van der Waals surface area (Å²) in [6.07, 6.45) is -4.98. The molecule has 4 heteroatoms. The van der Waals surface area contributed by atoms with Gasteiger partial charge >= 0.3 is 6.18 Å². The molecule has 0 saturated heterocycles. The minimum absolute atomic E-state index is 0.283. The van der Waals surface area contributed by atoms with E-state index in [1.807, 2.05) is 0 Å². The predicted molar refractivity (Wildman–Crippen MR) is 43.9 cm³/mol. The summed E-state index contributed by atoms with van der Waals surface area (Å²) in [5, 5.41) is 0. The summed E-state index contributed by atoms with van der Waals surface area (Å²) in [5.74, 6) is 0. The number of hydrogen-bond donors (Lipinski definition) is 0. The van der Waals surface area contributed by atoms with Crippen LogP contribution in [0.25, 0.3) is 0 Å². The van der Waals surface area contributed by atoms with Crippen LogP contribution in [0.5, 0.6) is 0 Å². The third-order valence-corrected chi connectivity index (χ3v) is 1.85. The molecule has 0 atom stereocenters. The van der Waals surface area contributed by atoms with E-state index < -0.39 is 12.6 Å². The van der Waals surface area contributed by atoms with Gasteiger partial charge in [0.05, 0.1) is 6.42 Å². The van der Waals surface area contributed by atoms with Gasteiger partial charge in [0.15, 0.2) is 0 Å². The van der Waals surface area contributed by atoms with Gasteiger partial charge in [-0.15, -0.1) is 0 Å². The average molecular weight is 239 g/mol. The van der Waals surface area contributed by atoms with Crippen LogP contribution >= 0.6 is 15.9 Å². The lowest BCUT2D eigenvalue weighted by Gasteiger charge is -2.05. The molecule has 66 valence electrons. The van der Waals surface area contributed by atoms with Crippen molar-refractivity contribution >= 4 is 15.9 Å². The van der Waals surface area contributed by atoms with Crippen molar-refractivity contribution in [3.63, 3.8) is 0 Å². The molecule has 0 amide bonds. The Bertz CT molecular complexity index is 250. The highest BCUT2D eigenvalue weighted by atomic mass is 79.9. The summed E-state index contributed by atoms with van der Waals surface area (Å²) in [6.45, 7) is 0. The van der Waals surface area contributed by atoms with Gasteiger partial charge < -0.3 is 0 Å². The molecule has 12 heavy (non-hydrogen) atoms. The third kappa shape index (κ3) is 3.26. The first-order valence-electron chi connectivity index (χ1n) is 3.28. The lowest BCUT2D eigenvalue weighted by atomic mass is 10.1.